The topological polar surface area (TPSA) is 50.4 Å². The van der Waals surface area contributed by atoms with E-state index >= 15 is 0 Å². The molecule has 0 bridgehead atoms. The third-order valence-corrected chi connectivity index (χ3v) is 4.33. The fourth-order valence-electron chi connectivity index (χ4n) is 1.90. The number of ether oxygens (including phenoxy) is 1. The molecule has 1 amide bonds. The summed E-state index contributed by atoms with van der Waals surface area (Å²) in [5.41, 5.74) is 1.06. The SMILES string of the molecule is O=C(CSCc1ccccc1Cl)NC[C@H]1CNCCO1. The maximum atomic E-state index is 11.7. The number of thioether (sulfide) groups is 1. The highest BCUT2D eigenvalue weighted by Crippen LogP contribution is 2.20. The molecule has 0 saturated carbocycles. The maximum absolute atomic E-state index is 11.7. The third-order valence-electron chi connectivity index (χ3n) is 2.98. The molecule has 0 aliphatic carbocycles. The van der Waals surface area contributed by atoms with E-state index in [1.807, 2.05) is 24.3 Å². The van der Waals surface area contributed by atoms with E-state index in [0.29, 0.717) is 18.9 Å². The van der Waals surface area contributed by atoms with E-state index in [-0.39, 0.29) is 12.0 Å². The molecule has 0 unspecified atom stereocenters. The van der Waals surface area contributed by atoms with Gasteiger partial charge in [-0.05, 0) is 11.6 Å². The molecular formula is C14H19ClN2O2S. The molecular weight excluding hydrogens is 296 g/mol. The molecule has 110 valence electrons. The van der Waals surface area contributed by atoms with Crippen molar-refractivity contribution in [3.8, 4) is 0 Å². The lowest BCUT2D eigenvalue weighted by atomic mass is 10.2. The second kappa shape index (κ2) is 8.52. The van der Waals surface area contributed by atoms with Crippen LogP contribution in [-0.4, -0.2) is 44.0 Å². The molecule has 2 N–H and O–H groups in total. The summed E-state index contributed by atoms with van der Waals surface area (Å²) < 4.78 is 5.52. The van der Waals surface area contributed by atoms with Gasteiger partial charge in [-0.25, -0.2) is 0 Å². The van der Waals surface area contributed by atoms with Crippen LogP contribution in [0.1, 0.15) is 5.56 Å². The van der Waals surface area contributed by atoms with Crippen LogP contribution >= 0.6 is 23.4 Å². The number of hydrogen-bond donors (Lipinski definition) is 2. The van der Waals surface area contributed by atoms with E-state index in [1.54, 1.807) is 11.8 Å². The zero-order valence-electron chi connectivity index (χ0n) is 11.2. The zero-order chi connectivity index (χ0) is 14.2. The number of benzene rings is 1. The second-order valence-electron chi connectivity index (χ2n) is 4.59. The largest absolute Gasteiger partial charge is 0.374 e. The highest BCUT2D eigenvalue weighted by molar-refractivity contribution is 7.99. The Morgan fingerprint density at radius 2 is 2.35 bits per heavy atom. The van der Waals surface area contributed by atoms with Gasteiger partial charge in [0, 0.05) is 30.4 Å². The summed E-state index contributed by atoms with van der Waals surface area (Å²) in [4.78, 5) is 11.7. The van der Waals surface area contributed by atoms with Crippen LogP contribution in [0.5, 0.6) is 0 Å². The van der Waals surface area contributed by atoms with Gasteiger partial charge in [-0.15, -0.1) is 11.8 Å². The number of nitrogens with one attached hydrogen (secondary N) is 2. The molecule has 1 saturated heterocycles. The van der Waals surface area contributed by atoms with Crippen molar-refractivity contribution in [1.29, 1.82) is 0 Å². The van der Waals surface area contributed by atoms with E-state index in [4.69, 9.17) is 16.3 Å². The van der Waals surface area contributed by atoms with Crippen molar-refractivity contribution in [2.75, 3.05) is 32.0 Å². The number of rotatable bonds is 6. The Kier molecular flexibility index (Phi) is 6.66. The number of carbonyl (C=O) groups is 1. The molecule has 1 heterocycles. The number of halogens is 1. The first-order chi connectivity index (χ1) is 9.75. The lowest BCUT2D eigenvalue weighted by molar-refractivity contribution is -0.119. The van der Waals surface area contributed by atoms with Gasteiger partial charge in [0.15, 0.2) is 0 Å². The van der Waals surface area contributed by atoms with Gasteiger partial charge in [0.1, 0.15) is 0 Å². The molecule has 0 spiro atoms. The van der Waals surface area contributed by atoms with E-state index in [9.17, 15) is 4.79 Å². The summed E-state index contributed by atoms with van der Waals surface area (Å²) in [6.07, 6.45) is 0.0845. The van der Waals surface area contributed by atoms with Crippen LogP contribution in [0.2, 0.25) is 5.02 Å². The van der Waals surface area contributed by atoms with Crippen molar-refractivity contribution < 1.29 is 9.53 Å². The highest BCUT2D eigenvalue weighted by Gasteiger charge is 2.14. The van der Waals surface area contributed by atoms with Crippen molar-refractivity contribution in [2.24, 2.45) is 0 Å². The molecule has 20 heavy (non-hydrogen) atoms. The average Bonchev–Trinajstić information content (AvgIpc) is 2.48. The fourth-order valence-corrected chi connectivity index (χ4v) is 3.04. The van der Waals surface area contributed by atoms with E-state index in [2.05, 4.69) is 10.6 Å². The first-order valence-electron chi connectivity index (χ1n) is 6.66. The number of morpholine rings is 1. The maximum Gasteiger partial charge on any atom is 0.230 e. The minimum absolute atomic E-state index is 0.0382. The second-order valence-corrected chi connectivity index (χ2v) is 5.98. The average molecular weight is 315 g/mol. The van der Waals surface area contributed by atoms with Gasteiger partial charge in [0.05, 0.1) is 18.5 Å². The summed E-state index contributed by atoms with van der Waals surface area (Å²) in [7, 11) is 0. The summed E-state index contributed by atoms with van der Waals surface area (Å²) in [5.74, 6) is 1.22. The van der Waals surface area contributed by atoms with Crippen LogP contribution in [0, 0.1) is 0 Å². The molecule has 0 aromatic heterocycles. The standard InChI is InChI=1S/C14H19ClN2O2S/c15-13-4-2-1-3-11(13)9-20-10-14(18)17-8-12-7-16-5-6-19-12/h1-4,12,16H,5-10H2,(H,17,18)/t12-/m1/s1. The van der Waals surface area contributed by atoms with Gasteiger partial charge in [-0.3, -0.25) is 4.79 Å². The summed E-state index contributed by atoms with van der Waals surface area (Å²) >= 11 is 7.63. The highest BCUT2D eigenvalue weighted by atomic mass is 35.5. The molecule has 4 nitrogen and oxygen atoms in total. The molecule has 1 aliphatic rings. The Labute approximate surface area is 128 Å². The van der Waals surface area contributed by atoms with Gasteiger partial charge >= 0.3 is 0 Å². The predicted molar refractivity (Wildman–Crippen MR) is 83.2 cm³/mol. The molecule has 6 heteroatoms. The van der Waals surface area contributed by atoms with Gasteiger partial charge in [-0.2, -0.15) is 0 Å². The first kappa shape index (κ1) is 15.6. The molecule has 0 radical (unpaired) electrons. The summed E-state index contributed by atoms with van der Waals surface area (Å²) in [6, 6.07) is 7.70. The number of hydrogen-bond acceptors (Lipinski definition) is 4. The lowest BCUT2D eigenvalue weighted by Gasteiger charge is -2.23. The van der Waals surface area contributed by atoms with Gasteiger partial charge in [0.2, 0.25) is 5.91 Å². The summed E-state index contributed by atoms with van der Waals surface area (Å²) in [5, 5.41) is 6.88. The van der Waals surface area contributed by atoms with Crippen molar-refractivity contribution in [1.82, 2.24) is 10.6 Å². The van der Waals surface area contributed by atoms with E-state index in [1.165, 1.54) is 0 Å². The van der Waals surface area contributed by atoms with Gasteiger partial charge in [-0.1, -0.05) is 29.8 Å². The number of amides is 1. The minimum Gasteiger partial charge on any atom is -0.374 e. The third kappa shape index (κ3) is 5.32. The molecule has 1 aromatic rings. The monoisotopic (exact) mass is 314 g/mol. The van der Waals surface area contributed by atoms with Gasteiger partial charge < -0.3 is 15.4 Å². The quantitative estimate of drug-likeness (QED) is 0.839. The summed E-state index contributed by atoms with van der Waals surface area (Å²) in [6.45, 7) is 2.96. The lowest BCUT2D eigenvalue weighted by Crippen LogP contribution is -2.45. The normalized spacial score (nSPS) is 18.8. The Morgan fingerprint density at radius 3 is 3.10 bits per heavy atom. The predicted octanol–water partition coefficient (Wildman–Crippen LogP) is 1.68. The van der Waals surface area contributed by atoms with Crippen LogP contribution in [0.15, 0.2) is 24.3 Å². The van der Waals surface area contributed by atoms with Crippen LogP contribution < -0.4 is 10.6 Å². The van der Waals surface area contributed by atoms with Crippen LogP contribution in [0.4, 0.5) is 0 Å². The van der Waals surface area contributed by atoms with Crippen LogP contribution in [0.3, 0.4) is 0 Å². The van der Waals surface area contributed by atoms with Crippen molar-refractivity contribution >= 4 is 29.3 Å². The Balaban J connectivity index is 1.61. The molecule has 1 aromatic carbocycles. The minimum atomic E-state index is 0.0382. The van der Waals surface area contributed by atoms with Crippen molar-refractivity contribution in [2.45, 2.75) is 11.9 Å². The van der Waals surface area contributed by atoms with Crippen molar-refractivity contribution in [3.05, 3.63) is 34.9 Å². The molecule has 1 atom stereocenters. The Morgan fingerprint density at radius 1 is 1.50 bits per heavy atom. The fraction of sp³-hybridized carbons (Fsp3) is 0.500. The molecule has 2 rings (SSSR count). The molecule has 1 fully saturated rings. The van der Waals surface area contributed by atoms with E-state index < -0.39 is 0 Å². The Bertz CT molecular complexity index is 439. The molecule has 1 aliphatic heterocycles. The first-order valence-corrected chi connectivity index (χ1v) is 8.19. The Hall–Kier alpha value is -0.750. The zero-order valence-corrected chi connectivity index (χ0v) is 12.8. The van der Waals surface area contributed by atoms with Crippen LogP contribution in [-0.2, 0) is 15.3 Å². The van der Waals surface area contributed by atoms with Crippen molar-refractivity contribution in [3.63, 3.8) is 0 Å². The van der Waals surface area contributed by atoms with Crippen LogP contribution in [0.25, 0.3) is 0 Å². The van der Waals surface area contributed by atoms with Gasteiger partial charge in [0.25, 0.3) is 0 Å². The smallest absolute Gasteiger partial charge is 0.230 e. The number of carbonyl (C=O) groups excluding carboxylic acids is 1. The van der Waals surface area contributed by atoms with E-state index in [0.717, 1.165) is 29.4 Å².